The standard InChI is InChI=1S/C17H24N2O3/c1-4-5-10-18-17(21)16-15(19(3)14(20)11-22-16)13-8-6-12(2)7-9-13/h6-9,15-16H,4-5,10-11H2,1-3H3,(H,18,21)/t15-,16+/m1/s1. The number of aryl methyl sites for hydroxylation is 1. The van der Waals surface area contributed by atoms with Crippen molar-refractivity contribution < 1.29 is 14.3 Å². The highest BCUT2D eigenvalue weighted by Gasteiger charge is 2.39. The van der Waals surface area contributed by atoms with Crippen molar-refractivity contribution in [3.63, 3.8) is 0 Å². The number of morpholine rings is 1. The molecule has 0 spiro atoms. The highest BCUT2D eigenvalue weighted by atomic mass is 16.5. The summed E-state index contributed by atoms with van der Waals surface area (Å²) < 4.78 is 5.55. The Balaban J connectivity index is 2.20. The van der Waals surface area contributed by atoms with E-state index >= 15 is 0 Å². The van der Waals surface area contributed by atoms with Crippen LogP contribution in [-0.2, 0) is 14.3 Å². The van der Waals surface area contributed by atoms with Crippen LogP contribution in [0.1, 0.15) is 36.9 Å². The first kappa shape index (κ1) is 16.5. The maximum absolute atomic E-state index is 12.4. The highest BCUT2D eigenvalue weighted by molar-refractivity contribution is 5.86. The predicted octanol–water partition coefficient (Wildman–Crippen LogP) is 1.81. The normalized spacial score (nSPS) is 21.8. The Labute approximate surface area is 131 Å². The Hall–Kier alpha value is -1.88. The molecule has 22 heavy (non-hydrogen) atoms. The Morgan fingerprint density at radius 3 is 2.68 bits per heavy atom. The summed E-state index contributed by atoms with van der Waals surface area (Å²) in [7, 11) is 1.72. The number of nitrogens with one attached hydrogen (secondary N) is 1. The molecule has 2 atom stereocenters. The quantitative estimate of drug-likeness (QED) is 0.844. The fraction of sp³-hybridized carbons (Fsp3) is 0.529. The highest BCUT2D eigenvalue weighted by Crippen LogP contribution is 2.29. The number of unbranched alkanes of at least 4 members (excludes halogenated alkanes) is 1. The second-order valence-electron chi connectivity index (χ2n) is 5.74. The first-order valence-electron chi connectivity index (χ1n) is 7.76. The lowest BCUT2D eigenvalue weighted by Crippen LogP contribution is -2.53. The van der Waals surface area contributed by atoms with Gasteiger partial charge >= 0.3 is 0 Å². The van der Waals surface area contributed by atoms with Gasteiger partial charge in [-0.05, 0) is 18.9 Å². The van der Waals surface area contributed by atoms with E-state index in [1.165, 1.54) is 0 Å². The molecule has 0 aromatic heterocycles. The van der Waals surface area contributed by atoms with Gasteiger partial charge in [-0.3, -0.25) is 9.59 Å². The van der Waals surface area contributed by atoms with Gasteiger partial charge in [0.05, 0.1) is 6.04 Å². The molecule has 1 aromatic rings. The van der Waals surface area contributed by atoms with E-state index in [4.69, 9.17) is 4.74 Å². The van der Waals surface area contributed by atoms with Crippen LogP contribution in [0, 0.1) is 6.92 Å². The van der Waals surface area contributed by atoms with Crippen molar-refractivity contribution in [1.29, 1.82) is 0 Å². The van der Waals surface area contributed by atoms with E-state index in [0.29, 0.717) is 6.54 Å². The second-order valence-corrected chi connectivity index (χ2v) is 5.74. The lowest BCUT2D eigenvalue weighted by molar-refractivity contribution is -0.162. The Morgan fingerprint density at radius 2 is 2.05 bits per heavy atom. The van der Waals surface area contributed by atoms with Crippen molar-refractivity contribution >= 4 is 11.8 Å². The van der Waals surface area contributed by atoms with Crippen molar-refractivity contribution in [3.05, 3.63) is 35.4 Å². The largest absolute Gasteiger partial charge is 0.356 e. The molecule has 0 saturated carbocycles. The van der Waals surface area contributed by atoms with Crippen LogP contribution in [0.2, 0.25) is 0 Å². The summed E-state index contributed by atoms with van der Waals surface area (Å²) in [5.41, 5.74) is 2.05. The minimum Gasteiger partial charge on any atom is -0.356 e. The number of likely N-dealkylation sites (N-methyl/N-ethyl adjacent to an activating group) is 1. The molecule has 120 valence electrons. The van der Waals surface area contributed by atoms with E-state index in [1.54, 1.807) is 11.9 Å². The minimum atomic E-state index is -0.665. The molecule has 0 aliphatic carbocycles. The van der Waals surface area contributed by atoms with Gasteiger partial charge < -0.3 is 15.0 Å². The van der Waals surface area contributed by atoms with E-state index in [9.17, 15) is 9.59 Å². The molecule has 0 bridgehead atoms. The van der Waals surface area contributed by atoms with Gasteiger partial charge in [0.15, 0.2) is 6.10 Å². The maximum Gasteiger partial charge on any atom is 0.251 e. The Bertz CT molecular complexity index is 527. The molecule has 2 rings (SSSR count). The van der Waals surface area contributed by atoms with E-state index < -0.39 is 6.10 Å². The van der Waals surface area contributed by atoms with Crippen LogP contribution in [0.5, 0.6) is 0 Å². The van der Waals surface area contributed by atoms with E-state index in [-0.39, 0.29) is 24.5 Å². The molecule has 1 N–H and O–H groups in total. The number of benzene rings is 1. The van der Waals surface area contributed by atoms with Gasteiger partial charge in [0.25, 0.3) is 5.91 Å². The Morgan fingerprint density at radius 1 is 1.36 bits per heavy atom. The molecular formula is C17H24N2O3. The van der Waals surface area contributed by atoms with Crippen molar-refractivity contribution in [3.8, 4) is 0 Å². The number of nitrogens with zero attached hydrogens (tertiary/aromatic N) is 1. The predicted molar refractivity (Wildman–Crippen MR) is 84.3 cm³/mol. The first-order valence-corrected chi connectivity index (χ1v) is 7.76. The smallest absolute Gasteiger partial charge is 0.251 e. The summed E-state index contributed by atoms with van der Waals surface area (Å²) in [5.74, 6) is -0.262. The second kappa shape index (κ2) is 7.40. The average molecular weight is 304 g/mol. The summed E-state index contributed by atoms with van der Waals surface area (Å²) in [4.78, 5) is 26.0. The molecule has 0 radical (unpaired) electrons. The van der Waals surface area contributed by atoms with Crippen LogP contribution in [0.4, 0.5) is 0 Å². The molecule has 2 amide bonds. The van der Waals surface area contributed by atoms with Gasteiger partial charge in [-0.15, -0.1) is 0 Å². The summed E-state index contributed by atoms with van der Waals surface area (Å²) in [5, 5.41) is 2.90. The summed E-state index contributed by atoms with van der Waals surface area (Å²) >= 11 is 0. The van der Waals surface area contributed by atoms with Gasteiger partial charge in [0.2, 0.25) is 5.91 Å². The van der Waals surface area contributed by atoms with Gasteiger partial charge in [0.1, 0.15) is 6.61 Å². The van der Waals surface area contributed by atoms with Crippen molar-refractivity contribution in [2.45, 2.75) is 38.8 Å². The lowest BCUT2D eigenvalue weighted by atomic mass is 9.96. The van der Waals surface area contributed by atoms with Crippen LogP contribution in [0.3, 0.4) is 0 Å². The molecule has 5 nitrogen and oxygen atoms in total. The van der Waals surface area contributed by atoms with E-state index in [0.717, 1.165) is 24.0 Å². The van der Waals surface area contributed by atoms with Gasteiger partial charge in [-0.25, -0.2) is 0 Å². The van der Waals surface area contributed by atoms with Crippen LogP contribution >= 0.6 is 0 Å². The number of rotatable bonds is 5. The molecule has 1 aliphatic rings. The van der Waals surface area contributed by atoms with Crippen molar-refractivity contribution in [2.75, 3.05) is 20.2 Å². The number of carbonyl (C=O) groups is 2. The number of ether oxygens (including phenoxy) is 1. The average Bonchev–Trinajstić information content (AvgIpc) is 2.51. The lowest BCUT2D eigenvalue weighted by Gasteiger charge is -2.38. The third-order valence-electron chi connectivity index (χ3n) is 3.99. The summed E-state index contributed by atoms with van der Waals surface area (Å²) in [6.45, 7) is 4.66. The Kier molecular flexibility index (Phi) is 5.55. The number of carbonyl (C=O) groups excluding carboxylic acids is 2. The molecular weight excluding hydrogens is 280 g/mol. The maximum atomic E-state index is 12.4. The fourth-order valence-electron chi connectivity index (χ4n) is 2.58. The SMILES string of the molecule is CCCCNC(=O)[C@H]1OCC(=O)N(C)[C@@H]1c1ccc(C)cc1. The van der Waals surface area contributed by atoms with E-state index in [1.807, 2.05) is 31.2 Å². The zero-order valence-electron chi connectivity index (χ0n) is 13.5. The van der Waals surface area contributed by atoms with E-state index in [2.05, 4.69) is 12.2 Å². The minimum absolute atomic E-state index is 0.0509. The molecule has 0 unspecified atom stereocenters. The van der Waals surface area contributed by atoms with Crippen LogP contribution < -0.4 is 5.32 Å². The zero-order valence-corrected chi connectivity index (χ0v) is 13.5. The third kappa shape index (κ3) is 3.65. The third-order valence-corrected chi connectivity index (χ3v) is 3.99. The summed E-state index contributed by atoms with van der Waals surface area (Å²) in [6, 6.07) is 7.47. The van der Waals surface area contributed by atoms with Gasteiger partial charge in [-0.1, -0.05) is 43.2 Å². The fourth-order valence-corrected chi connectivity index (χ4v) is 2.58. The number of hydrogen-bond donors (Lipinski definition) is 1. The van der Waals surface area contributed by atoms with Crippen LogP contribution in [-0.4, -0.2) is 43.0 Å². The first-order chi connectivity index (χ1) is 10.5. The van der Waals surface area contributed by atoms with Gasteiger partial charge in [0, 0.05) is 13.6 Å². The molecule has 1 heterocycles. The number of hydrogen-bond acceptors (Lipinski definition) is 3. The van der Waals surface area contributed by atoms with Crippen LogP contribution in [0.15, 0.2) is 24.3 Å². The van der Waals surface area contributed by atoms with Crippen LogP contribution in [0.25, 0.3) is 0 Å². The molecule has 1 aliphatic heterocycles. The molecule has 1 saturated heterocycles. The monoisotopic (exact) mass is 304 g/mol. The van der Waals surface area contributed by atoms with Crippen molar-refractivity contribution in [2.24, 2.45) is 0 Å². The summed E-state index contributed by atoms with van der Waals surface area (Å²) in [6.07, 6.45) is 1.29. The molecule has 5 heteroatoms. The number of amides is 2. The topological polar surface area (TPSA) is 58.6 Å². The van der Waals surface area contributed by atoms with Gasteiger partial charge in [-0.2, -0.15) is 0 Å². The van der Waals surface area contributed by atoms with Crippen molar-refractivity contribution in [1.82, 2.24) is 10.2 Å². The molecule has 1 aromatic carbocycles. The zero-order chi connectivity index (χ0) is 16.1. The molecule has 1 fully saturated rings.